The van der Waals surface area contributed by atoms with E-state index < -0.39 is 18.5 Å². The number of likely N-dealkylation sites (N-methyl/N-ethyl adjacent to an activating group) is 1. The fourth-order valence-corrected chi connectivity index (χ4v) is 3.57. The summed E-state index contributed by atoms with van der Waals surface area (Å²) in [4.78, 5) is 37.9. The summed E-state index contributed by atoms with van der Waals surface area (Å²) in [5, 5.41) is 7.59. The first-order chi connectivity index (χ1) is 13.8. The Bertz CT molecular complexity index is 1070. The summed E-state index contributed by atoms with van der Waals surface area (Å²) >= 11 is 1.17. The SMILES string of the molecule is Cc1nn(-c2ccc(F)cc2)c2sc(C(=O)OCC(=O)NCC(=O)N(C)C)cc12. The van der Waals surface area contributed by atoms with Gasteiger partial charge in [0, 0.05) is 19.5 Å². The van der Waals surface area contributed by atoms with Crippen molar-refractivity contribution in [3.8, 4) is 5.69 Å². The van der Waals surface area contributed by atoms with E-state index in [1.807, 2.05) is 0 Å². The predicted octanol–water partition coefficient (Wildman–Crippen LogP) is 1.90. The van der Waals surface area contributed by atoms with Gasteiger partial charge in [0.1, 0.15) is 15.5 Å². The number of thiophene rings is 1. The third kappa shape index (κ3) is 4.60. The molecule has 3 rings (SSSR count). The second-order valence-electron chi connectivity index (χ2n) is 6.44. The Balaban J connectivity index is 1.69. The Labute approximate surface area is 169 Å². The van der Waals surface area contributed by atoms with E-state index in [9.17, 15) is 18.8 Å². The standard InChI is InChI=1S/C19H19FN4O4S/c1-11-14-8-15(19(27)28-10-16(25)21-9-17(26)23(2)3)29-18(14)24(22-11)13-6-4-12(20)5-7-13/h4-8H,9-10H2,1-3H3,(H,21,25). The molecule has 29 heavy (non-hydrogen) atoms. The van der Waals surface area contributed by atoms with Crippen molar-refractivity contribution in [2.24, 2.45) is 0 Å². The number of amides is 2. The molecule has 0 saturated carbocycles. The highest BCUT2D eigenvalue weighted by Gasteiger charge is 2.19. The van der Waals surface area contributed by atoms with Gasteiger partial charge in [0.25, 0.3) is 5.91 Å². The van der Waals surface area contributed by atoms with Gasteiger partial charge in [-0.2, -0.15) is 5.10 Å². The molecule has 2 heterocycles. The smallest absolute Gasteiger partial charge is 0.348 e. The van der Waals surface area contributed by atoms with Crippen LogP contribution in [0, 0.1) is 12.7 Å². The molecule has 0 aliphatic rings. The van der Waals surface area contributed by atoms with Crippen LogP contribution >= 0.6 is 11.3 Å². The fraction of sp³-hybridized carbons (Fsp3) is 0.263. The Morgan fingerprint density at radius 3 is 2.59 bits per heavy atom. The molecule has 0 unspecified atom stereocenters. The number of fused-ring (bicyclic) bond motifs is 1. The normalized spacial score (nSPS) is 10.8. The van der Waals surface area contributed by atoms with Crippen molar-refractivity contribution in [3.05, 3.63) is 46.7 Å². The van der Waals surface area contributed by atoms with E-state index in [1.54, 1.807) is 43.9 Å². The predicted molar refractivity (Wildman–Crippen MR) is 106 cm³/mol. The number of nitrogens with zero attached hydrogens (tertiary/aromatic N) is 3. The van der Waals surface area contributed by atoms with Crippen LogP contribution in [0.3, 0.4) is 0 Å². The summed E-state index contributed by atoms with van der Waals surface area (Å²) in [5.41, 5.74) is 1.37. The number of carbonyl (C=O) groups excluding carboxylic acids is 3. The number of aromatic nitrogens is 2. The summed E-state index contributed by atoms with van der Waals surface area (Å²) in [7, 11) is 3.15. The van der Waals surface area contributed by atoms with Crippen LogP contribution < -0.4 is 5.32 Å². The molecule has 2 amide bonds. The number of halogens is 1. The average molecular weight is 418 g/mol. The van der Waals surface area contributed by atoms with Crippen molar-refractivity contribution in [3.63, 3.8) is 0 Å². The number of esters is 1. The number of hydrogen-bond donors (Lipinski definition) is 1. The van der Waals surface area contributed by atoms with Gasteiger partial charge < -0.3 is 15.0 Å². The van der Waals surface area contributed by atoms with Crippen LogP contribution in [-0.2, 0) is 14.3 Å². The van der Waals surface area contributed by atoms with Crippen molar-refractivity contribution >= 4 is 39.3 Å². The van der Waals surface area contributed by atoms with E-state index >= 15 is 0 Å². The van der Waals surface area contributed by atoms with Crippen molar-refractivity contribution < 1.29 is 23.5 Å². The number of ether oxygens (including phenoxy) is 1. The number of carbonyl (C=O) groups is 3. The minimum Gasteiger partial charge on any atom is -0.451 e. The van der Waals surface area contributed by atoms with E-state index in [0.717, 1.165) is 5.39 Å². The second-order valence-corrected chi connectivity index (χ2v) is 7.47. The number of nitrogens with one attached hydrogen (secondary N) is 1. The molecule has 10 heteroatoms. The molecule has 0 spiro atoms. The molecule has 0 saturated heterocycles. The lowest BCUT2D eigenvalue weighted by Crippen LogP contribution is -2.38. The van der Waals surface area contributed by atoms with Crippen molar-refractivity contribution in [2.45, 2.75) is 6.92 Å². The van der Waals surface area contributed by atoms with Crippen LogP contribution in [0.2, 0.25) is 0 Å². The minimum atomic E-state index is -0.648. The van der Waals surface area contributed by atoms with Crippen molar-refractivity contribution in [1.29, 1.82) is 0 Å². The first-order valence-corrected chi connectivity index (χ1v) is 9.47. The Morgan fingerprint density at radius 2 is 1.93 bits per heavy atom. The van der Waals surface area contributed by atoms with E-state index in [1.165, 1.54) is 28.4 Å². The van der Waals surface area contributed by atoms with E-state index in [4.69, 9.17) is 4.74 Å². The van der Waals surface area contributed by atoms with Crippen LogP contribution in [0.15, 0.2) is 30.3 Å². The minimum absolute atomic E-state index is 0.168. The molecule has 0 fully saturated rings. The maximum Gasteiger partial charge on any atom is 0.348 e. The number of hydrogen-bond acceptors (Lipinski definition) is 6. The van der Waals surface area contributed by atoms with Crippen LogP contribution in [0.25, 0.3) is 15.9 Å². The van der Waals surface area contributed by atoms with Crippen molar-refractivity contribution in [1.82, 2.24) is 20.0 Å². The molecule has 1 N–H and O–H groups in total. The molecule has 0 atom stereocenters. The second kappa shape index (κ2) is 8.39. The van der Waals surface area contributed by atoms with Gasteiger partial charge in [-0.15, -0.1) is 11.3 Å². The van der Waals surface area contributed by atoms with E-state index in [0.29, 0.717) is 21.1 Å². The zero-order valence-corrected chi connectivity index (χ0v) is 16.9. The summed E-state index contributed by atoms with van der Waals surface area (Å²) in [6, 6.07) is 7.51. The fourth-order valence-electron chi connectivity index (χ4n) is 2.49. The van der Waals surface area contributed by atoms with Gasteiger partial charge in [-0.1, -0.05) is 0 Å². The molecule has 0 radical (unpaired) electrons. The van der Waals surface area contributed by atoms with Crippen LogP contribution in [0.4, 0.5) is 4.39 Å². The molecule has 2 aromatic heterocycles. The summed E-state index contributed by atoms with van der Waals surface area (Å²) < 4.78 is 19.8. The zero-order valence-electron chi connectivity index (χ0n) is 16.1. The van der Waals surface area contributed by atoms with Gasteiger partial charge >= 0.3 is 5.97 Å². The molecule has 0 bridgehead atoms. The van der Waals surface area contributed by atoms with Gasteiger partial charge in [-0.3, -0.25) is 9.59 Å². The molecular weight excluding hydrogens is 399 g/mol. The van der Waals surface area contributed by atoms with Crippen LogP contribution in [-0.4, -0.2) is 59.7 Å². The highest BCUT2D eigenvalue weighted by atomic mass is 32.1. The number of aryl methyl sites for hydroxylation is 1. The number of rotatable bonds is 6. The summed E-state index contributed by atoms with van der Waals surface area (Å²) in [6.45, 7) is 1.15. The lowest BCUT2D eigenvalue weighted by Gasteiger charge is -2.10. The molecule has 3 aromatic rings. The Morgan fingerprint density at radius 1 is 1.24 bits per heavy atom. The van der Waals surface area contributed by atoms with Crippen LogP contribution in [0.5, 0.6) is 0 Å². The van der Waals surface area contributed by atoms with Gasteiger partial charge in [-0.05, 0) is 37.3 Å². The van der Waals surface area contributed by atoms with Gasteiger partial charge in [0.05, 0.1) is 17.9 Å². The zero-order chi connectivity index (χ0) is 21.1. The molecule has 0 aliphatic carbocycles. The highest BCUT2D eigenvalue weighted by molar-refractivity contribution is 7.20. The summed E-state index contributed by atoms with van der Waals surface area (Å²) in [5.74, 6) is -1.83. The van der Waals surface area contributed by atoms with Gasteiger partial charge in [-0.25, -0.2) is 13.9 Å². The number of benzene rings is 1. The average Bonchev–Trinajstić information content (AvgIpc) is 3.25. The monoisotopic (exact) mass is 418 g/mol. The highest BCUT2D eigenvalue weighted by Crippen LogP contribution is 2.30. The molecule has 152 valence electrons. The summed E-state index contributed by atoms with van der Waals surface area (Å²) in [6.07, 6.45) is 0. The topological polar surface area (TPSA) is 93.5 Å². The maximum absolute atomic E-state index is 13.2. The van der Waals surface area contributed by atoms with Crippen molar-refractivity contribution in [2.75, 3.05) is 27.2 Å². The first kappa shape index (κ1) is 20.5. The maximum atomic E-state index is 13.2. The lowest BCUT2D eigenvalue weighted by atomic mass is 10.3. The van der Waals surface area contributed by atoms with Gasteiger partial charge in [0.15, 0.2) is 6.61 Å². The lowest BCUT2D eigenvalue weighted by molar-refractivity contribution is -0.131. The van der Waals surface area contributed by atoms with E-state index in [-0.39, 0.29) is 18.3 Å². The quantitative estimate of drug-likeness (QED) is 0.617. The Hall–Kier alpha value is -3.27. The molecular formula is C19H19FN4O4S. The molecule has 8 nitrogen and oxygen atoms in total. The third-order valence-electron chi connectivity index (χ3n) is 4.09. The van der Waals surface area contributed by atoms with Crippen LogP contribution in [0.1, 0.15) is 15.4 Å². The Kier molecular flexibility index (Phi) is 5.92. The largest absolute Gasteiger partial charge is 0.451 e. The van der Waals surface area contributed by atoms with Gasteiger partial charge in [0.2, 0.25) is 5.91 Å². The third-order valence-corrected chi connectivity index (χ3v) is 5.18. The molecule has 0 aliphatic heterocycles. The van der Waals surface area contributed by atoms with E-state index in [2.05, 4.69) is 10.4 Å². The first-order valence-electron chi connectivity index (χ1n) is 8.65. The molecule has 1 aromatic carbocycles.